The van der Waals surface area contributed by atoms with Crippen molar-refractivity contribution in [2.45, 2.75) is 51.6 Å². The van der Waals surface area contributed by atoms with Crippen molar-refractivity contribution in [2.75, 3.05) is 6.54 Å². The predicted octanol–water partition coefficient (Wildman–Crippen LogP) is 3.41. The molecule has 0 N–H and O–H groups in total. The molecule has 0 spiro atoms. The summed E-state index contributed by atoms with van der Waals surface area (Å²) in [7, 11) is 0. The molecule has 2 heteroatoms. The van der Waals surface area contributed by atoms with E-state index in [9.17, 15) is 4.79 Å². The van der Waals surface area contributed by atoms with Gasteiger partial charge in [0.25, 0.3) is 0 Å². The quantitative estimate of drug-likeness (QED) is 0.824. The number of likely N-dealkylation sites (tertiary alicyclic amines) is 1. The van der Waals surface area contributed by atoms with Gasteiger partial charge >= 0.3 is 0 Å². The molecular weight excluding hydrogens is 234 g/mol. The van der Waals surface area contributed by atoms with Gasteiger partial charge in [-0.1, -0.05) is 36.8 Å². The number of carbonyl (C=O) groups is 1. The van der Waals surface area contributed by atoms with Crippen molar-refractivity contribution in [3.63, 3.8) is 0 Å². The lowest BCUT2D eigenvalue weighted by Gasteiger charge is -2.40. The van der Waals surface area contributed by atoms with Gasteiger partial charge in [-0.3, -0.25) is 9.69 Å². The van der Waals surface area contributed by atoms with E-state index >= 15 is 0 Å². The Morgan fingerprint density at radius 2 is 2.00 bits per heavy atom. The smallest absolute Gasteiger partial charge is 0.137 e. The number of Topliss-reactive ketones (excluding diaryl/α,β-unsaturated/α-hetero) is 1. The van der Waals surface area contributed by atoms with Gasteiger partial charge in [0.15, 0.2) is 0 Å². The second-order valence-corrected chi connectivity index (χ2v) is 6.18. The Kier molecular flexibility index (Phi) is 3.44. The van der Waals surface area contributed by atoms with Crippen LogP contribution in [-0.4, -0.2) is 23.3 Å². The van der Waals surface area contributed by atoms with Crippen LogP contribution in [0.4, 0.5) is 0 Å². The molecule has 1 aliphatic heterocycles. The van der Waals surface area contributed by atoms with Crippen LogP contribution in [0.25, 0.3) is 0 Å². The van der Waals surface area contributed by atoms with Gasteiger partial charge in [-0.2, -0.15) is 0 Å². The Balaban J connectivity index is 1.77. The molecule has 1 saturated carbocycles. The molecule has 2 fully saturated rings. The summed E-state index contributed by atoms with van der Waals surface area (Å²) in [5.41, 5.74) is 1.38. The molecule has 19 heavy (non-hydrogen) atoms. The Morgan fingerprint density at radius 1 is 1.26 bits per heavy atom. The third-order valence-corrected chi connectivity index (χ3v) is 4.97. The third kappa shape index (κ3) is 2.46. The van der Waals surface area contributed by atoms with Crippen molar-refractivity contribution < 1.29 is 4.79 Å². The summed E-state index contributed by atoms with van der Waals surface area (Å²) >= 11 is 0. The van der Waals surface area contributed by atoms with Crippen LogP contribution in [0.15, 0.2) is 30.3 Å². The van der Waals surface area contributed by atoms with Gasteiger partial charge in [0.2, 0.25) is 0 Å². The fraction of sp³-hybridized carbons (Fsp3) is 0.588. The van der Waals surface area contributed by atoms with Crippen LogP contribution in [0.1, 0.15) is 44.6 Å². The highest BCUT2D eigenvalue weighted by atomic mass is 16.1. The summed E-state index contributed by atoms with van der Waals surface area (Å²) in [5, 5.41) is 0. The molecule has 1 unspecified atom stereocenters. The first-order chi connectivity index (χ1) is 9.22. The minimum absolute atomic E-state index is 0.00913. The summed E-state index contributed by atoms with van der Waals surface area (Å²) in [5.74, 6) is 0.414. The summed E-state index contributed by atoms with van der Waals surface area (Å²) < 4.78 is 0. The Hall–Kier alpha value is -1.15. The molecule has 3 rings (SSSR count). The Labute approximate surface area is 115 Å². The number of rotatable bonds is 4. The number of nitrogens with zero attached hydrogens (tertiary/aromatic N) is 1. The number of ketones is 1. The van der Waals surface area contributed by atoms with Gasteiger partial charge in [0.1, 0.15) is 5.78 Å². The average Bonchev–Trinajstić information content (AvgIpc) is 3.22. The minimum Gasteiger partial charge on any atom is -0.299 e. The molecule has 2 aliphatic rings. The van der Waals surface area contributed by atoms with E-state index in [0.717, 1.165) is 25.9 Å². The van der Waals surface area contributed by atoms with Crippen LogP contribution >= 0.6 is 0 Å². The molecule has 0 radical (unpaired) electrons. The van der Waals surface area contributed by atoms with E-state index in [1.165, 1.54) is 24.8 Å². The maximum Gasteiger partial charge on any atom is 0.137 e. The summed E-state index contributed by atoms with van der Waals surface area (Å²) in [6.07, 6.45) is 5.98. The molecule has 102 valence electrons. The predicted molar refractivity (Wildman–Crippen MR) is 76.8 cm³/mol. The van der Waals surface area contributed by atoms with Crippen LogP contribution in [0.3, 0.4) is 0 Å². The normalized spacial score (nSPS) is 26.1. The Bertz CT molecular complexity index is 450. The van der Waals surface area contributed by atoms with Gasteiger partial charge in [0, 0.05) is 18.0 Å². The monoisotopic (exact) mass is 257 g/mol. The molecule has 0 amide bonds. The second-order valence-electron chi connectivity index (χ2n) is 6.18. The zero-order valence-corrected chi connectivity index (χ0v) is 11.8. The van der Waals surface area contributed by atoms with E-state index in [1.807, 2.05) is 0 Å². The maximum atomic E-state index is 12.0. The highest BCUT2D eigenvalue weighted by Crippen LogP contribution is 2.53. The number of benzene rings is 1. The lowest BCUT2D eigenvalue weighted by molar-refractivity contribution is -0.125. The van der Waals surface area contributed by atoms with Crippen molar-refractivity contribution in [1.29, 1.82) is 0 Å². The molecule has 0 bridgehead atoms. The number of hydrogen-bond donors (Lipinski definition) is 0. The summed E-state index contributed by atoms with van der Waals surface area (Å²) in [6, 6.07) is 11.1. The number of hydrogen-bond acceptors (Lipinski definition) is 2. The van der Waals surface area contributed by atoms with Gasteiger partial charge in [0.05, 0.1) is 0 Å². The molecule has 1 saturated heterocycles. The van der Waals surface area contributed by atoms with Gasteiger partial charge in [-0.05, 0) is 44.7 Å². The van der Waals surface area contributed by atoms with Crippen LogP contribution < -0.4 is 0 Å². The number of carbonyl (C=O) groups excluding carboxylic acids is 1. The zero-order chi connectivity index (χ0) is 13.3. The molecule has 2 nitrogen and oxygen atoms in total. The molecule has 1 aliphatic carbocycles. The molecule has 1 heterocycles. The van der Waals surface area contributed by atoms with Crippen LogP contribution in [0.2, 0.25) is 0 Å². The number of piperidine rings is 1. The molecule has 1 atom stereocenters. The molecule has 0 aromatic heterocycles. The first-order valence-electron chi connectivity index (χ1n) is 7.51. The SMILES string of the molecule is CC(=O)C1(C2CCCCN2Cc2ccccc2)CC1. The van der Waals surface area contributed by atoms with E-state index in [0.29, 0.717) is 11.8 Å². The van der Waals surface area contributed by atoms with E-state index in [2.05, 4.69) is 35.2 Å². The third-order valence-electron chi connectivity index (χ3n) is 4.97. The fourth-order valence-electron chi connectivity index (χ4n) is 3.68. The maximum absolute atomic E-state index is 12.0. The van der Waals surface area contributed by atoms with Crippen LogP contribution in [-0.2, 0) is 11.3 Å². The van der Waals surface area contributed by atoms with E-state index < -0.39 is 0 Å². The lowest BCUT2D eigenvalue weighted by Crippen LogP contribution is -2.47. The highest BCUT2D eigenvalue weighted by Gasteiger charge is 2.55. The van der Waals surface area contributed by atoms with Crippen molar-refractivity contribution in [3.8, 4) is 0 Å². The molecule has 1 aromatic carbocycles. The second kappa shape index (κ2) is 5.09. The van der Waals surface area contributed by atoms with Crippen molar-refractivity contribution in [2.24, 2.45) is 5.41 Å². The van der Waals surface area contributed by atoms with Crippen LogP contribution in [0, 0.1) is 5.41 Å². The van der Waals surface area contributed by atoms with Crippen molar-refractivity contribution in [1.82, 2.24) is 4.90 Å². The minimum atomic E-state index is 0.00913. The van der Waals surface area contributed by atoms with Gasteiger partial charge < -0.3 is 0 Å². The largest absolute Gasteiger partial charge is 0.299 e. The molecule has 1 aromatic rings. The topological polar surface area (TPSA) is 20.3 Å². The van der Waals surface area contributed by atoms with Crippen molar-refractivity contribution >= 4 is 5.78 Å². The first kappa shape index (κ1) is 12.9. The highest BCUT2D eigenvalue weighted by molar-refractivity contribution is 5.86. The standard InChI is InChI=1S/C17H23NO/c1-14(19)17(10-11-17)16-9-5-6-12-18(16)13-15-7-3-2-4-8-15/h2-4,7-8,16H,5-6,9-13H2,1H3. The zero-order valence-electron chi connectivity index (χ0n) is 11.8. The van der Waals surface area contributed by atoms with Gasteiger partial charge in [-0.25, -0.2) is 0 Å². The van der Waals surface area contributed by atoms with E-state index in [-0.39, 0.29) is 5.41 Å². The Morgan fingerprint density at radius 3 is 2.63 bits per heavy atom. The molecular formula is C17H23NO. The average molecular weight is 257 g/mol. The van der Waals surface area contributed by atoms with Crippen LogP contribution in [0.5, 0.6) is 0 Å². The first-order valence-corrected chi connectivity index (χ1v) is 7.51. The summed E-state index contributed by atoms with van der Waals surface area (Å²) in [6.45, 7) is 3.94. The van der Waals surface area contributed by atoms with Crippen molar-refractivity contribution in [3.05, 3.63) is 35.9 Å². The van der Waals surface area contributed by atoms with E-state index in [1.54, 1.807) is 6.92 Å². The van der Waals surface area contributed by atoms with E-state index in [4.69, 9.17) is 0 Å². The lowest BCUT2D eigenvalue weighted by atomic mass is 9.84. The fourth-order valence-corrected chi connectivity index (χ4v) is 3.68. The van der Waals surface area contributed by atoms with Gasteiger partial charge in [-0.15, -0.1) is 0 Å². The summed E-state index contributed by atoms with van der Waals surface area (Å²) in [4.78, 5) is 14.6.